The number of rotatable bonds is 4. The quantitative estimate of drug-likeness (QED) is 0.617. The van der Waals surface area contributed by atoms with E-state index in [9.17, 15) is 9.18 Å². The van der Waals surface area contributed by atoms with Crippen molar-refractivity contribution in [3.05, 3.63) is 35.6 Å². The Labute approximate surface area is 94.4 Å². The summed E-state index contributed by atoms with van der Waals surface area (Å²) in [6, 6.07) is 5.35. The van der Waals surface area contributed by atoms with Gasteiger partial charge in [0.1, 0.15) is 5.82 Å². The Morgan fingerprint density at radius 2 is 2.00 bits per heavy atom. The van der Waals surface area contributed by atoms with Crippen molar-refractivity contribution in [2.45, 2.75) is 26.7 Å². The number of hydrogen-bond donors (Lipinski definition) is 1. The van der Waals surface area contributed by atoms with Crippen LogP contribution in [0.4, 0.5) is 4.39 Å². The minimum absolute atomic E-state index is 0.324. The van der Waals surface area contributed by atoms with E-state index in [1.54, 1.807) is 0 Å². The van der Waals surface area contributed by atoms with Crippen LogP contribution >= 0.6 is 0 Å². The summed E-state index contributed by atoms with van der Waals surface area (Å²) in [4.78, 5) is 11.5. The fourth-order valence-electron chi connectivity index (χ4n) is 1.23. The van der Waals surface area contributed by atoms with Crippen molar-refractivity contribution in [2.24, 2.45) is 5.10 Å². The topological polar surface area (TPSA) is 41.5 Å². The summed E-state index contributed by atoms with van der Waals surface area (Å²) >= 11 is 0. The fraction of sp³-hybridized carbons (Fsp3) is 0.333. The molecule has 0 saturated carbocycles. The molecule has 0 aromatic heterocycles. The number of benzene rings is 1. The van der Waals surface area contributed by atoms with Crippen molar-refractivity contribution in [1.29, 1.82) is 0 Å². The highest BCUT2D eigenvalue weighted by Crippen LogP contribution is 2.02. The van der Waals surface area contributed by atoms with Crippen LogP contribution in [0.15, 0.2) is 29.4 Å². The van der Waals surface area contributed by atoms with Crippen LogP contribution in [-0.4, -0.2) is 11.6 Å². The van der Waals surface area contributed by atoms with E-state index in [2.05, 4.69) is 10.5 Å². The largest absolute Gasteiger partial charge is 0.271 e. The first kappa shape index (κ1) is 12.4. The maximum Gasteiger partial charge on any atom is 0.271 e. The van der Waals surface area contributed by atoms with E-state index in [0.717, 1.165) is 18.6 Å². The van der Waals surface area contributed by atoms with Crippen molar-refractivity contribution in [3.63, 3.8) is 0 Å². The highest BCUT2D eigenvalue weighted by atomic mass is 19.1. The number of hydrogen-bond acceptors (Lipinski definition) is 2. The zero-order valence-electron chi connectivity index (χ0n) is 9.46. The van der Waals surface area contributed by atoms with Gasteiger partial charge >= 0.3 is 0 Å². The van der Waals surface area contributed by atoms with Gasteiger partial charge in [-0.3, -0.25) is 4.79 Å². The molecular weight excluding hydrogens is 207 g/mol. The molecule has 0 spiro atoms. The molecule has 3 nitrogen and oxygen atoms in total. The number of carbonyl (C=O) groups is 1. The molecule has 0 unspecified atom stereocenters. The molecule has 0 fully saturated rings. The van der Waals surface area contributed by atoms with Crippen LogP contribution in [0.1, 0.15) is 37.0 Å². The first-order valence-corrected chi connectivity index (χ1v) is 5.22. The second-order valence-corrected chi connectivity index (χ2v) is 3.54. The Bertz CT molecular complexity index is 385. The summed E-state index contributed by atoms with van der Waals surface area (Å²) < 4.78 is 12.6. The maximum absolute atomic E-state index is 12.6. The fourth-order valence-corrected chi connectivity index (χ4v) is 1.23. The van der Waals surface area contributed by atoms with Gasteiger partial charge in [-0.2, -0.15) is 5.10 Å². The Morgan fingerprint density at radius 3 is 2.56 bits per heavy atom. The SMILES string of the molecule is CCC/C(C)=N\NC(=O)c1ccc(F)cc1. The zero-order chi connectivity index (χ0) is 12.0. The summed E-state index contributed by atoms with van der Waals surface area (Å²) in [5.41, 5.74) is 3.70. The minimum Gasteiger partial charge on any atom is -0.267 e. The summed E-state index contributed by atoms with van der Waals surface area (Å²) in [5.74, 6) is -0.683. The lowest BCUT2D eigenvalue weighted by atomic mass is 10.2. The molecule has 0 aliphatic rings. The van der Waals surface area contributed by atoms with Crippen molar-refractivity contribution < 1.29 is 9.18 Å². The van der Waals surface area contributed by atoms with E-state index in [0.29, 0.717) is 5.56 Å². The van der Waals surface area contributed by atoms with Gasteiger partial charge in [-0.15, -0.1) is 0 Å². The summed E-state index contributed by atoms with van der Waals surface area (Å²) in [5, 5.41) is 3.94. The highest BCUT2D eigenvalue weighted by molar-refractivity contribution is 5.95. The average Bonchev–Trinajstić information content (AvgIpc) is 2.27. The lowest BCUT2D eigenvalue weighted by Crippen LogP contribution is -2.18. The van der Waals surface area contributed by atoms with Crippen LogP contribution in [-0.2, 0) is 0 Å². The molecule has 0 saturated heterocycles. The molecule has 1 aromatic carbocycles. The third kappa shape index (κ3) is 3.81. The number of nitrogens with one attached hydrogen (secondary N) is 1. The molecule has 0 bridgehead atoms. The van der Waals surface area contributed by atoms with Crippen LogP contribution in [0.3, 0.4) is 0 Å². The maximum atomic E-state index is 12.6. The number of carbonyl (C=O) groups excluding carboxylic acids is 1. The van der Waals surface area contributed by atoms with Gasteiger partial charge in [-0.1, -0.05) is 13.3 Å². The van der Waals surface area contributed by atoms with E-state index >= 15 is 0 Å². The van der Waals surface area contributed by atoms with Gasteiger partial charge in [-0.05, 0) is 37.6 Å². The molecule has 0 heterocycles. The normalized spacial score (nSPS) is 11.3. The molecule has 4 heteroatoms. The molecule has 1 rings (SSSR count). The van der Waals surface area contributed by atoms with E-state index in [1.807, 2.05) is 13.8 Å². The van der Waals surface area contributed by atoms with Gasteiger partial charge in [0.05, 0.1) is 0 Å². The number of nitrogens with zero attached hydrogens (tertiary/aromatic N) is 1. The van der Waals surface area contributed by atoms with Gasteiger partial charge in [0, 0.05) is 11.3 Å². The molecule has 0 aliphatic heterocycles. The molecular formula is C12H15FN2O. The summed E-state index contributed by atoms with van der Waals surface area (Å²) in [6.45, 7) is 3.90. The number of halogens is 1. The molecule has 16 heavy (non-hydrogen) atoms. The van der Waals surface area contributed by atoms with Gasteiger partial charge in [0.2, 0.25) is 0 Å². The van der Waals surface area contributed by atoms with Gasteiger partial charge < -0.3 is 0 Å². The lowest BCUT2D eigenvalue weighted by molar-refractivity contribution is 0.0954. The second-order valence-electron chi connectivity index (χ2n) is 3.54. The van der Waals surface area contributed by atoms with Crippen LogP contribution < -0.4 is 5.43 Å². The van der Waals surface area contributed by atoms with Crippen LogP contribution in [0.5, 0.6) is 0 Å². The Kier molecular flexibility index (Phi) is 4.64. The second kappa shape index (κ2) is 6.00. The van der Waals surface area contributed by atoms with E-state index < -0.39 is 0 Å². The monoisotopic (exact) mass is 222 g/mol. The Balaban J connectivity index is 2.59. The minimum atomic E-state index is -0.359. The summed E-state index contributed by atoms with van der Waals surface area (Å²) in [7, 11) is 0. The molecule has 1 N–H and O–H groups in total. The Morgan fingerprint density at radius 1 is 1.38 bits per heavy atom. The Hall–Kier alpha value is -1.71. The first-order valence-electron chi connectivity index (χ1n) is 5.22. The molecule has 0 atom stereocenters. The highest BCUT2D eigenvalue weighted by Gasteiger charge is 2.03. The standard InChI is InChI=1S/C12H15FN2O/c1-3-4-9(2)14-15-12(16)10-5-7-11(13)8-6-10/h5-8H,3-4H2,1-2H3,(H,15,16)/b14-9-. The molecule has 1 aromatic rings. The van der Waals surface area contributed by atoms with Gasteiger partial charge in [0.15, 0.2) is 0 Å². The predicted octanol–water partition coefficient (Wildman–Crippen LogP) is 2.73. The van der Waals surface area contributed by atoms with E-state index in [4.69, 9.17) is 0 Å². The molecule has 0 radical (unpaired) electrons. The van der Waals surface area contributed by atoms with Crippen LogP contribution in [0.25, 0.3) is 0 Å². The van der Waals surface area contributed by atoms with Crippen molar-refractivity contribution in [1.82, 2.24) is 5.43 Å². The first-order chi connectivity index (χ1) is 7.63. The smallest absolute Gasteiger partial charge is 0.267 e. The molecule has 1 amide bonds. The molecule has 86 valence electrons. The molecule has 0 aliphatic carbocycles. The van der Waals surface area contributed by atoms with Crippen LogP contribution in [0.2, 0.25) is 0 Å². The number of amides is 1. The van der Waals surface area contributed by atoms with Crippen LogP contribution in [0, 0.1) is 5.82 Å². The van der Waals surface area contributed by atoms with Gasteiger partial charge in [0.25, 0.3) is 5.91 Å². The van der Waals surface area contributed by atoms with Crippen molar-refractivity contribution in [3.8, 4) is 0 Å². The zero-order valence-corrected chi connectivity index (χ0v) is 9.46. The predicted molar refractivity (Wildman–Crippen MR) is 61.9 cm³/mol. The summed E-state index contributed by atoms with van der Waals surface area (Å²) in [6.07, 6.45) is 1.84. The van der Waals surface area contributed by atoms with E-state index in [1.165, 1.54) is 24.3 Å². The van der Waals surface area contributed by atoms with Crippen molar-refractivity contribution >= 4 is 11.6 Å². The van der Waals surface area contributed by atoms with Gasteiger partial charge in [-0.25, -0.2) is 9.82 Å². The lowest BCUT2D eigenvalue weighted by Gasteiger charge is -2.01. The number of hydrazone groups is 1. The average molecular weight is 222 g/mol. The van der Waals surface area contributed by atoms with E-state index in [-0.39, 0.29) is 11.7 Å². The third-order valence-electron chi connectivity index (χ3n) is 2.07. The van der Waals surface area contributed by atoms with Crippen molar-refractivity contribution in [2.75, 3.05) is 0 Å². The third-order valence-corrected chi connectivity index (χ3v) is 2.07.